The molecule has 0 aliphatic rings. The fourth-order valence-corrected chi connectivity index (χ4v) is 2.08. The normalized spacial score (nSPS) is 10.2. The predicted octanol–water partition coefficient (Wildman–Crippen LogP) is 2.62. The first-order valence-electron chi connectivity index (χ1n) is 7.14. The number of para-hydroxylation sites is 1. The Labute approximate surface area is 135 Å². The van der Waals surface area contributed by atoms with Gasteiger partial charge in [0.25, 0.3) is 0 Å². The van der Waals surface area contributed by atoms with Crippen molar-refractivity contribution in [2.75, 3.05) is 19.7 Å². The van der Waals surface area contributed by atoms with Gasteiger partial charge in [0.1, 0.15) is 12.4 Å². The lowest BCUT2D eigenvalue weighted by atomic mass is 10.2. The lowest BCUT2D eigenvalue weighted by molar-refractivity contribution is -0.120. The number of hydrogen-bond acceptors (Lipinski definition) is 3. The number of halogens is 1. The summed E-state index contributed by atoms with van der Waals surface area (Å²) in [7, 11) is 0. The van der Waals surface area contributed by atoms with E-state index in [-0.39, 0.29) is 12.5 Å². The molecule has 2 aromatic rings. The monoisotopic (exact) mass is 318 g/mol. The Kier molecular flexibility index (Phi) is 6.74. The van der Waals surface area contributed by atoms with E-state index in [1.165, 1.54) is 0 Å². The van der Waals surface area contributed by atoms with E-state index in [0.29, 0.717) is 24.7 Å². The minimum Gasteiger partial charge on any atom is -0.492 e. The van der Waals surface area contributed by atoms with Gasteiger partial charge in [0.15, 0.2) is 0 Å². The molecule has 0 saturated carbocycles. The minimum absolute atomic E-state index is 0.0558. The van der Waals surface area contributed by atoms with Gasteiger partial charge < -0.3 is 15.4 Å². The van der Waals surface area contributed by atoms with Gasteiger partial charge in [-0.3, -0.25) is 4.79 Å². The second-order valence-corrected chi connectivity index (χ2v) is 5.18. The summed E-state index contributed by atoms with van der Waals surface area (Å²) in [4.78, 5) is 11.7. The maximum Gasteiger partial charge on any atom is 0.234 e. The Bertz CT molecular complexity index is 590. The van der Waals surface area contributed by atoms with Crippen LogP contribution in [0.25, 0.3) is 0 Å². The molecule has 0 unspecified atom stereocenters. The Morgan fingerprint density at radius 2 is 1.91 bits per heavy atom. The maximum absolute atomic E-state index is 11.7. The molecule has 116 valence electrons. The second kappa shape index (κ2) is 9.07. The van der Waals surface area contributed by atoms with Crippen molar-refractivity contribution in [2.45, 2.75) is 6.54 Å². The molecule has 2 aromatic carbocycles. The number of hydrogen-bond donors (Lipinski definition) is 2. The zero-order valence-electron chi connectivity index (χ0n) is 12.2. The van der Waals surface area contributed by atoms with Crippen molar-refractivity contribution in [1.82, 2.24) is 10.6 Å². The van der Waals surface area contributed by atoms with Gasteiger partial charge in [-0.05, 0) is 29.8 Å². The van der Waals surface area contributed by atoms with Crippen molar-refractivity contribution >= 4 is 17.5 Å². The number of rotatable bonds is 8. The van der Waals surface area contributed by atoms with Crippen molar-refractivity contribution in [3.63, 3.8) is 0 Å². The highest BCUT2D eigenvalue weighted by atomic mass is 35.5. The van der Waals surface area contributed by atoms with Crippen LogP contribution in [-0.4, -0.2) is 25.6 Å². The quantitative estimate of drug-likeness (QED) is 0.736. The van der Waals surface area contributed by atoms with Crippen LogP contribution in [-0.2, 0) is 11.3 Å². The standard InChI is InChI=1S/C17H19ClN2O2/c18-15-6-4-5-14(11-15)12-20-17(21)13-19-9-10-22-16-7-2-1-3-8-16/h1-8,11,19H,9-10,12-13H2,(H,20,21). The van der Waals surface area contributed by atoms with Gasteiger partial charge in [0.2, 0.25) is 5.91 Å². The van der Waals surface area contributed by atoms with Crippen LogP contribution in [0.5, 0.6) is 5.75 Å². The molecular weight excluding hydrogens is 300 g/mol. The SMILES string of the molecule is O=C(CNCCOc1ccccc1)NCc1cccc(Cl)c1. The molecule has 22 heavy (non-hydrogen) atoms. The smallest absolute Gasteiger partial charge is 0.234 e. The van der Waals surface area contributed by atoms with Crippen molar-refractivity contribution in [2.24, 2.45) is 0 Å². The van der Waals surface area contributed by atoms with E-state index in [1.54, 1.807) is 6.07 Å². The lowest BCUT2D eigenvalue weighted by Gasteiger charge is -2.08. The zero-order valence-corrected chi connectivity index (χ0v) is 13.0. The molecule has 2 rings (SSSR count). The zero-order chi connectivity index (χ0) is 15.6. The van der Waals surface area contributed by atoms with Gasteiger partial charge in [-0.2, -0.15) is 0 Å². The van der Waals surface area contributed by atoms with Crippen LogP contribution in [0.4, 0.5) is 0 Å². The Hall–Kier alpha value is -2.04. The fraction of sp³-hybridized carbons (Fsp3) is 0.235. The van der Waals surface area contributed by atoms with Crippen LogP contribution < -0.4 is 15.4 Å². The van der Waals surface area contributed by atoms with E-state index in [2.05, 4.69) is 10.6 Å². The maximum atomic E-state index is 11.7. The summed E-state index contributed by atoms with van der Waals surface area (Å²) in [6.07, 6.45) is 0. The number of ether oxygens (including phenoxy) is 1. The summed E-state index contributed by atoms with van der Waals surface area (Å²) in [6.45, 7) is 1.87. The van der Waals surface area contributed by atoms with Gasteiger partial charge in [-0.1, -0.05) is 41.9 Å². The Morgan fingerprint density at radius 3 is 2.68 bits per heavy atom. The third kappa shape index (κ3) is 6.16. The summed E-state index contributed by atoms with van der Waals surface area (Å²) in [5.41, 5.74) is 0.980. The molecule has 0 fully saturated rings. The Morgan fingerprint density at radius 1 is 1.09 bits per heavy atom. The van der Waals surface area contributed by atoms with Crippen molar-refractivity contribution < 1.29 is 9.53 Å². The van der Waals surface area contributed by atoms with E-state index >= 15 is 0 Å². The number of nitrogens with one attached hydrogen (secondary N) is 2. The van der Waals surface area contributed by atoms with Crippen molar-refractivity contribution in [3.8, 4) is 5.75 Å². The minimum atomic E-state index is -0.0558. The molecule has 0 bridgehead atoms. The summed E-state index contributed by atoms with van der Waals surface area (Å²) in [5, 5.41) is 6.54. The van der Waals surface area contributed by atoms with E-state index in [1.807, 2.05) is 48.5 Å². The van der Waals surface area contributed by atoms with Crippen molar-refractivity contribution in [1.29, 1.82) is 0 Å². The summed E-state index contributed by atoms with van der Waals surface area (Å²) >= 11 is 5.89. The number of amides is 1. The van der Waals surface area contributed by atoms with Crippen LogP contribution in [0, 0.1) is 0 Å². The molecule has 2 N–H and O–H groups in total. The highest BCUT2D eigenvalue weighted by Crippen LogP contribution is 2.10. The molecule has 0 saturated heterocycles. The first-order chi connectivity index (χ1) is 10.7. The molecule has 0 aliphatic carbocycles. The number of carbonyl (C=O) groups excluding carboxylic acids is 1. The third-order valence-electron chi connectivity index (χ3n) is 2.96. The van der Waals surface area contributed by atoms with Crippen LogP contribution in [0.3, 0.4) is 0 Å². The van der Waals surface area contributed by atoms with E-state index in [9.17, 15) is 4.79 Å². The molecule has 1 amide bonds. The van der Waals surface area contributed by atoms with Gasteiger partial charge >= 0.3 is 0 Å². The molecule has 0 aliphatic heterocycles. The molecule has 5 heteroatoms. The summed E-state index contributed by atoms with van der Waals surface area (Å²) in [6, 6.07) is 17.0. The highest BCUT2D eigenvalue weighted by Gasteiger charge is 2.01. The van der Waals surface area contributed by atoms with E-state index in [4.69, 9.17) is 16.3 Å². The molecule has 0 spiro atoms. The van der Waals surface area contributed by atoms with Crippen LogP contribution in [0.1, 0.15) is 5.56 Å². The Balaban J connectivity index is 1.56. The van der Waals surface area contributed by atoms with Gasteiger partial charge in [-0.15, -0.1) is 0 Å². The molecule has 0 atom stereocenters. The molecule has 4 nitrogen and oxygen atoms in total. The molecule has 0 aromatic heterocycles. The molecular formula is C17H19ClN2O2. The fourth-order valence-electron chi connectivity index (χ4n) is 1.87. The highest BCUT2D eigenvalue weighted by molar-refractivity contribution is 6.30. The topological polar surface area (TPSA) is 50.4 Å². The van der Waals surface area contributed by atoms with Crippen molar-refractivity contribution in [3.05, 3.63) is 65.2 Å². The second-order valence-electron chi connectivity index (χ2n) is 4.74. The van der Waals surface area contributed by atoms with Gasteiger partial charge in [0.05, 0.1) is 6.54 Å². The number of benzene rings is 2. The largest absolute Gasteiger partial charge is 0.492 e. The van der Waals surface area contributed by atoms with Crippen LogP contribution >= 0.6 is 11.6 Å². The molecule has 0 radical (unpaired) electrons. The third-order valence-corrected chi connectivity index (χ3v) is 3.19. The number of carbonyl (C=O) groups is 1. The average molecular weight is 319 g/mol. The summed E-state index contributed by atoms with van der Waals surface area (Å²) in [5.74, 6) is 0.773. The predicted molar refractivity (Wildman–Crippen MR) is 88.1 cm³/mol. The average Bonchev–Trinajstić information content (AvgIpc) is 2.54. The van der Waals surface area contributed by atoms with Crippen LogP contribution in [0.2, 0.25) is 5.02 Å². The van der Waals surface area contributed by atoms with E-state index < -0.39 is 0 Å². The first kappa shape index (κ1) is 16.3. The first-order valence-corrected chi connectivity index (χ1v) is 7.51. The van der Waals surface area contributed by atoms with Crippen LogP contribution in [0.15, 0.2) is 54.6 Å². The van der Waals surface area contributed by atoms with Gasteiger partial charge in [0, 0.05) is 18.1 Å². The van der Waals surface area contributed by atoms with Gasteiger partial charge in [-0.25, -0.2) is 0 Å². The van der Waals surface area contributed by atoms with E-state index in [0.717, 1.165) is 11.3 Å². The summed E-state index contributed by atoms with van der Waals surface area (Å²) < 4.78 is 5.52. The molecule has 0 heterocycles. The lowest BCUT2D eigenvalue weighted by Crippen LogP contribution is -2.35.